The normalized spacial score (nSPS) is 24.2. The van der Waals surface area contributed by atoms with Crippen molar-refractivity contribution < 1.29 is 9.47 Å². The molecule has 106 valence electrons. The predicted molar refractivity (Wildman–Crippen MR) is 77.9 cm³/mol. The van der Waals surface area contributed by atoms with Gasteiger partial charge in [0, 0.05) is 11.6 Å². The lowest BCUT2D eigenvalue weighted by Crippen LogP contribution is -2.27. The minimum absolute atomic E-state index is 0.336. The summed E-state index contributed by atoms with van der Waals surface area (Å²) in [5, 5.41) is 3.48. The fourth-order valence-corrected chi connectivity index (χ4v) is 3.35. The molecule has 3 nitrogen and oxygen atoms in total. The maximum absolute atomic E-state index is 5.53. The molecule has 0 bridgehead atoms. The SMILES string of the molecule is CNC(c1cc(OC)ccc1OC)C1CCCC1C. The summed E-state index contributed by atoms with van der Waals surface area (Å²) in [6.45, 7) is 2.36. The van der Waals surface area contributed by atoms with Gasteiger partial charge >= 0.3 is 0 Å². The Morgan fingerprint density at radius 2 is 2.00 bits per heavy atom. The molecule has 1 aromatic rings. The zero-order valence-corrected chi connectivity index (χ0v) is 12.4. The number of hydrogen-bond donors (Lipinski definition) is 1. The lowest BCUT2D eigenvalue weighted by atomic mass is 9.85. The number of methoxy groups -OCH3 is 2. The average molecular weight is 263 g/mol. The van der Waals surface area contributed by atoms with Crippen LogP contribution in [0.4, 0.5) is 0 Å². The molecule has 3 atom stereocenters. The molecule has 1 N–H and O–H groups in total. The first-order chi connectivity index (χ1) is 9.21. The molecule has 1 aliphatic rings. The fourth-order valence-electron chi connectivity index (χ4n) is 3.35. The van der Waals surface area contributed by atoms with Gasteiger partial charge in [-0.3, -0.25) is 0 Å². The van der Waals surface area contributed by atoms with Crippen LogP contribution >= 0.6 is 0 Å². The van der Waals surface area contributed by atoms with Crippen LogP contribution in [0.5, 0.6) is 11.5 Å². The van der Waals surface area contributed by atoms with E-state index in [4.69, 9.17) is 9.47 Å². The monoisotopic (exact) mass is 263 g/mol. The highest BCUT2D eigenvalue weighted by atomic mass is 16.5. The minimum Gasteiger partial charge on any atom is -0.497 e. The standard InChI is InChI=1S/C16H25NO2/c1-11-6-5-7-13(11)16(17-2)14-10-12(18-3)8-9-15(14)19-4/h8-11,13,16-17H,5-7H2,1-4H3. The Balaban J connectivity index is 2.35. The molecule has 0 aromatic heterocycles. The Labute approximate surface area is 116 Å². The van der Waals surface area contributed by atoms with Crippen molar-refractivity contribution in [3.63, 3.8) is 0 Å². The molecule has 0 heterocycles. The maximum Gasteiger partial charge on any atom is 0.123 e. The van der Waals surface area contributed by atoms with E-state index in [1.165, 1.54) is 24.8 Å². The van der Waals surface area contributed by atoms with Crippen LogP contribution in [-0.2, 0) is 0 Å². The van der Waals surface area contributed by atoms with E-state index >= 15 is 0 Å². The molecule has 1 aliphatic carbocycles. The predicted octanol–water partition coefficient (Wildman–Crippen LogP) is 3.40. The van der Waals surface area contributed by atoms with Gasteiger partial charge in [-0.25, -0.2) is 0 Å². The van der Waals surface area contributed by atoms with Gasteiger partial charge in [-0.2, -0.15) is 0 Å². The highest BCUT2D eigenvalue weighted by Gasteiger charge is 2.32. The van der Waals surface area contributed by atoms with Crippen molar-refractivity contribution in [1.82, 2.24) is 5.32 Å². The maximum atomic E-state index is 5.53. The number of nitrogens with one attached hydrogen (secondary N) is 1. The van der Waals surface area contributed by atoms with Crippen molar-refractivity contribution in [2.45, 2.75) is 32.2 Å². The van der Waals surface area contributed by atoms with Gasteiger partial charge in [0.25, 0.3) is 0 Å². The van der Waals surface area contributed by atoms with E-state index in [1.54, 1.807) is 14.2 Å². The zero-order chi connectivity index (χ0) is 13.8. The Morgan fingerprint density at radius 3 is 2.53 bits per heavy atom. The number of rotatable bonds is 5. The third kappa shape index (κ3) is 2.86. The van der Waals surface area contributed by atoms with Gasteiger partial charge in [-0.1, -0.05) is 19.8 Å². The van der Waals surface area contributed by atoms with Crippen molar-refractivity contribution in [2.24, 2.45) is 11.8 Å². The molecule has 1 saturated carbocycles. The summed E-state index contributed by atoms with van der Waals surface area (Å²) in [6, 6.07) is 6.39. The van der Waals surface area contributed by atoms with Crippen LogP contribution in [0.25, 0.3) is 0 Å². The van der Waals surface area contributed by atoms with E-state index in [2.05, 4.69) is 18.3 Å². The quantitative estimate of drug-likeness (QED) is 0.883. The highest BCUT2D eigenvalue weighted by Crippen LogP contribution is 2.43. The highest BCUT2D eigenvalue weighted by molar-refractivity contribution is 5.42. The molecular formula is C16H25NO2. The van der Waals surface area contributed by atoms with Crippen LogP contribution in [-0.4, -0.2) is 21.3 Å². The van der Waals surface area contributed by atoms with Gasteiger partial charge in [-0.15, -0.1) is 0 Å². The van der Waals surface area contributed by atoms with Crippen LogP contribution < -0.4 is 14.8 Å². The molecule has 3 unspecified atom stereocenters. The van der Waals surface area contributed by atoms with Crippen molar-refractivity contribution >= 4 is 0 Å². The summed E-state index contributed by atoms with van der Waals surface area (Å²) >= 11 is 0. The van der Waals surface area contributed by atoms with Crippen LogP contribution in [0.3, 0.4) is 0 Å². The van der Waals surface area contributed by atoms with E-state index in [0.717, 1.165) is 17.4 Å². The molecule has 0 saturated heterocycles. The summed E-state index contributed by atoms with van der Waals surface area (Å²) in [5.74, 6) is 3.26. The van der Waals surface area contributed by atoms with Gasteiger partial charge in [-0.05, 0) is 43.5 Å². The molecular weight excluding hydrogens is 238 g/mol. The zero-order valence-electron chi connectivity index (χ0n) is 12.4. The molecule has 0 radical (unpaired) electrons. The summed E-state index contributed by atoms with van der Waals surface area (Å²) in [4.78, 5) is 0. The largest absolute Gasteiger partial charge is 0.497 e. The Bertz CT molecular complexity index is 419. The molecule has 0 spiro atoms. The number of hydrogen-bond acceptors (Lipinski definition) is 3. The van der Waals surface area contributed by atoms with Gasteiger partial charge in [0.05, 0.1) is 14.2 Å². The molecule has 0 amide bonds. The third-order valence-electron chi connectivity index (χ3n) is 4.44. The third-order valence-corrected chi connectivity index (χ3v) is 4.44. The van der Waals surface area contributed by atoms with E-state index in [9.17, 15) is 0 Å². The molecule has 2 rings (SSSR count). The smallest absolute Gasteiger partial charge is 0.123 e. The second-order valence-electron chi connectivity index (χ2n) is 5.45. The Kier molecular flexibility index (Phi) is 4.70. The van der Waals surface area contributed by atoms with E-state index in [-0.39, 0.29) is 0 Å². The van der Waals surface area contributed by atoms with E-state index < -0.39 is 0 Å². The van der Waals surface area contributed by atoms with Crippen molar-refractivity contribution in [3.8, 4) is 11.5 Å². The van der Waals surface area contributed by atoms with Gasteiger partial charge in [0.15, 0.2) is 0 Å². The Morgan fingerprint density at radius 1 is 1.21 bits per heavy atom. The molecule has 0 aliphatic heterocycles. The van der Waals surface area contributed by atoms with Gasteiger partial charge in [0.1, 0.15) is 11.5 Å². The first kappa shape index (κ1) is 14.2. The second kappa shape index (κ2) is 6.29. The van der Waals surface area contributed by atoms with Crippen molar-refractivity contribution in [2.75, 3.05) is 21.3 Å². The van der Waals surface area contributed by atoms with Crippen LogP contribution in [0.1, 0.15) is 37.8 Å². The number of benzene rings is 1. The summed E-state index contributed by atoms with van der Waals surface area (Å²) < 4.78 is 10.9. The van der Waals surface area contributed by atoms with Crippen molar-refractivity contribution in [3.05, 3.63) is 23.8 Å². The molecule has 19 heavy (non-hydrogen) atoms. The van der Waals surface area contributed by atoms with Crippen molar-refractivity contribution in [1.29, 1.82) is 0 Å². The lowest BCUT2D eigenvalue weighted by molar-refractivity contribution is 0.303. The molecule has 3 heteroatoms. The Hall–Kier alpha value is -1.22. The van der Waals surface area contributed by atoms with Crippen LogP contribution in [0.2, 0.25) is 0 Å². The number of ether oxygens (including phenoxy) is 2. The summed E-state index contributed by atoms with van der Waals surface area (Å²) in [5.41, 5.74) is 1.21. The molecule has 1 aromatic carbocycles. The lowest BCUT2D eigenvalue weighted by Gasteiger charge is -2.28. The van der Waals surface area contributed by atoms with Gasteiger partial charge < -0.3 is 14.8 Å². The van der Waals surface area contributed by atoms with Crippen LogP contribution in [0.15, 0.2) is 18.2 Å². The summed E-state index contributed by atoms with van der Waals surface area (Å²) in [7, 11) is 5.48. The first-order valence-electron chi connectivity index (χ1n) is 7.10. The van der Waals surface area contributed by atoms with Gasteiger partial charge in [0.2, 0.25) is 0 Å². The topological polar surface area (TPSA) is 30.5 Å². The van der Waals surface area contributed by atoms with E-state index in [1.807, 2.05) is 19.2 Å². The minimum atomic E-state index is 0.336. The summed E-state index contributed by atoms with van der Waals surface area (Å²) in [6.07, 6.45) is 3.94. The first-order valence-corrected chi connectivity index (χ1v) is 7.10. The van der Waals surface area contributed by atoms with E-state index in [0.29, 0.717) is 12.0 Å². The molecule has 1 fully saturated rings. The van der Waals surface area contributed by atoms with Crippen LogP contribution in [0, 0.1) is 11.8 Å². The fraction of sp³-hybridized carbons (Fsp3) is 0.625. The average Bonchev–Trinajstić information content (AvgIpc) is 2.86. The second-order valence-corrected chi connectivity index (χ2v) is 5.45.